The Hall–Kier alpha value is -1.56. The molecule has 30 heavy (non-hydrogen) atoms. The average Bonchev–Trinajstić information content (AvgIpc) is 3.05. The standard InChI is InChI=1S/C25H34BrNO3/c1-3-4-5-6-7-8-13-27-24-18-20(26)9-11-22(24)23-12-10-21(19-25(23)27)30-17-16-29-15-14-28-2/h9-12,18-19H,3-8,13-17H2,1-2H3. The van der Waals surface area contributed by atoms with Crippen molar-refractivity contribution in [1.82, 2.24) is 4.57 Å². The van der Waals surface area contributed by atoms with Gasteiger partial charge in [0.2, 0.25) is 0 Å². The van der Waals surface area contributed by atoms with Crippen LogP contribution in [-0.4, -0.2) is 38.1 Å². The summed E-state index contributed by atoms with van der Waals surface area (Å²) >= 11 is 3.65. The first kappa shape index (κ1) is 23.1. The summed E-state index contributed by atoms with van der Waals surface area (Å²) in [6.45, 7) is 5.61. The highest BCUT2D eigenvalue weighted by Crippen LogP contribution is 2.33. The summed E-state index contributed by atoms with van der Waals surface area (Å²) in [4.78, 5) is 0. The fourth-order valence-corrected chi connectivity index (χ4v) is 4.24. The predicted octanol–water partition coefficient (Wildman–Crippen LogP) is 6.96. The van der Waals surface area contributed by atoms with Gasteiger partial charge in [-0.25, -0.2) is 0 Å². The maximum atomic E-state index is 5.95. The van der Waals surface area contributed by atoms with Crippen molar-refractivity contribution in [2.24, 2.45) is 0 Å². The van der Waals surface area contributed by atoms with E-state index in [4.69, 9.17) is 14.2 Å². The number of methoxy groups -OCH3 is 1. The van der Waals surface area contributed by atoms with Crippen molar-refractivity contribution in [1.29, 1.82) is 0 Å². The Morgan fingerprint density at radius 3 is 2.30 bits per heavy atom. The Morgan fingerprint density at radius 2 is 1.50 bits per heavy atom. The van der Waals surface area contributed by atoms with Crippen molar-refractivity contribution < 1.29 is 14.2 Å². The molecule has 0 radical (unpaired) electrons. The topological polar surface area (TPSA) is 32.6 Å². The Bertz CT molecular complexity index is 922. The van der Waals surface area contributed by atoms with Gasteiger partial charge in [-0.3, -0.25) is 0 Å². The highest BCUT2D eigenvalue weighted by atomic mass is 79.9. The zero-order chi connectivity index (χ0) is 21.2. The largest absolute Gasteiger partial charge is 0.491 e. The Labute approximate surface area is 188 Å². The second kappa shape index (κ2) is 12.3. The van der Waals surface area contributed by atoms with E-state index in [2.05, 4.69) is 63.8 Å². The molecule has 2 aromatic carbocycles. The van der Waals surface area contributed by atoms with Crippen molar-refractivity contribution in [3.63, 3.8) is 0 Å². The normalized spacial score (nSPS) is 11.6. The molecule has 0 unspecified atom stereocenters. The summed E-state index contributed by atoms with van der Waals surface area (Å²) in [6.07, 6.45) is 7.79. The molecule has 0 fully saturated rings. The van der Waals surface area contributed by atoms with Gasteiger partial charge in [0, 0.05) is 35.0 Å². The van der Waals surface area contributed by atoms with E-state index in [-0.39, 0.29) is 0 Å². The minimum atomic E-state index is 0.540. The SMILES string of the molecule is CCCCCCCCn1c2cc(Br)ccc2c2ccc(OCCOCCOC)cc21. The van der Waals surface area contributed by atoms with Gasteiger partial charge >= 0.3 is 0 Å². The maximum absolute atomic E-state index is 5.95. The fourth-order valence-electron chi connectivity index (χ4n) is 3.89. The summed E-state index contributed by atoms with van der Waals surface area (Å²) in [6, 6.07) is 13.0. The first-order valence-corrected chi connectivity index (χ1v) is 11.9. The van der Waals surface area contributed by atoms with Crippen LogP contribution in [-0.2, 0) is 16.0 Å². The van der Waals surface area contributed by atoms with Gasteiger partial charge in [0.15, 0.2) is 0 Å². The average molecular weight is 476 g/mol. The number of unbranched alkanes of at least 4 members (excludes halogenated alkanes) is 5. The molecule has 0 saturated heterocycles. The second-order valence-corrected chi connectivity index (χ2v) is 8.63. The molecule has 1 aromatic heterocycles. The fraction of sp³-hybridized carbons (Fsp3) is 0.520. The zero-order valence-electron chi connectivity index (χ0n) is 18.3. The number of aryl methyl sites for hydroxylation is 1. The van der Waals surface area contributed by atoms with Crippen LogP contribution < -0.4 is 4.74 Å². The summed E-state index contributed by atoms with van der Waals surface area (Å²) in [5.41, 5.74) is 2.53. The molecule has 0 atom stereocenters. The molecule has 0 N–H and O–H groups in total. The third-order valence-corrected chi connectivity index (χ3v) is 5.96. The first-order valence-electron chi connectivity index (χ1n) is 11.2. The molecule has 1 heterocycles. The minimum Gasteiger partial charge on any atom is -0.491 e. The van der Waals surface area contributed by atoms with Gasteiger partial charge in [-0.05, 0) is 30.7 Å². The third kappa shape index (κ3) is 6.22. The molecular weight excluding hydrogens is 442 g/mol. The zero-order valence-corrected chi connectivity index (χ0v) is 19.9. The van der Waals surface area contributed by atoms with Gasteiger partial charge in [0.05, 0.1) is 30.9 Å². The number of nitrogens with zero attached hydrogens (tertiary/aromatic N) is 1. The molecule has 0 aliphatic carbocycles. The van der Waals surface area contributed by atoms with E-state index < -0.39 is 0 Å². The van der Waals surface area contributed by atoms with Crippen molar-refractivity contribution in [3.8, 4) is 5.75 Å². The van der Waals surface area contributed by atoms with Crippen LogP contribution in [0.5, 0.6) is 5.75 Å². The molecule has 3 rings (SSSR count). The Morgan fingerprint density at radius 1 is 0.800 bits per heavy atom. The summed E-state index contributed by atoms with van der Waals surface area (Å²) < 4.78 is 20.0. The van der Waals surface area contributed by atoms with Crippen LogP contribution in [0.3, 0.4) is 0 Å². The second-order valence-electron chi connectivity index (χ2n) is 7.71. The predicted molar refractivity (Wildman–Crippen MR) is 129 cm³/mol. The van der Waals surface area contributed by atoms with Crippen molar-refractivity contribution in [2.75, 3.05) is 33.5 Å². The summed E-state index contributed by atoms with van der Waals surface area (Å²) in [5.74, 6) is 0.893. The van der Waals surface area contributed by atoms with Crippen LogP contribution in [0.15, 0.2) is 40.9 Å². The van der Waals surface area contributed by atoms with Gasteiger partial charge in [-0.15, -0.1) is 0 Å². The number of fused-ring (bicyclic) bond motifs is 3. The number of aromatic nitrogens is 1. The van der Waals surface area contributed by atoms with Crippen LogP contribution in [0.1, 0.15) is 45.4 Å². The lowest BCUT2D eigenvalue weighted by atomic mass is 10.1. The van der Waals surface area contributed by atoms with Gasteiger partial charge in [-0.2, -0.15) is 0 Å². The van der Waals surface area contributed by atoms with E-state index >= 15 is 0 Å². The van der Waals surface area contributed by atoms with Crippen LogP contribution in [0, 0.1) is 0 Å². The number of rotatable bonds is 14. The highest BCUT2D eigenvalue weighted by molar-refractivity contribution is 9.10. The number of halogens is 1. The quantitative estimate of drug-likeness (QED) is 0.236. The first-order chi connectivity index (χ1) is 14.7. The molecule has 0 spiro atoms. The van der Waals surface area contributed by atoms with Gasteiger partial charge in [-0.1, -0.05) is 61.0 Å². The van der Waals surface area contributed by atoms with E-state index in [1.807, 2.05) is 0 Å². The van der Waals surface area contributed by atoms with Crippen molar-refractivity contribution in [2.45, 2.75) is 52.0 Å². The smallest absolute Gasteiger partial charge is 0.121 e. The molecule has 0 bridgehead atoms. The monoisotopic (exact) mass is 475 g/mol. The molecule has 0 aliphatic rings. The minimum absolute atomic E-state index is 0.540. The van der Waals surface area contributed by atoms with E-state index in [9.17, 15) is 0 Å². The third-order valence-electron chi connectivity index (χ3n) is 5.46. The maximum Gasteiger partial charge on any atom is 0.121 e. The van der Waals surface area contributed by atoms with Crippen molar-refractivity contribution in [3.05, 3.63) is 40.9 Å². The molecule has 5 heteroatoms. The molecule has 0 aliphatic heterocycles. The number of ether oxygens (including phenoxy) is 3. The van der Waals surface area contributed by atoms with E-state index in [1.165, 1.54) is 60.3 Å². The highest BCUT2D eigenvalue weighted by Gasteiger charge is 2.12. The summed E-state index contributed by atoms with van der Waals surface area (Å²) in [7, 11) is 1.68. The van der Waals surface area contributed by atoms with Crippen LogP contribution in [0.4, 0.5) is 0 Å². The number of benzene rings is 2. The molecule has 0 saturated carbocycles. The van der Waals surface area contributed by atoms with E-state index in [0.29, 0.717) is 26.4 Å². The Balaban J connectivity index is 1.73. The summed E-state index contributed by atoms with van der Waals surface area (Å²) in [5, 5.41) is 2.58. The molecule has 164 valence electrons. The lowest BCUT2D eigenvalue weighted by Gasteiger charge is -2.10. The van der Waals surface area contributed by atoms with Crippen molar-refractivity contribution >= 4 is 37.7 Å². The van der Waals surface area contributed by atoms with Gasteiger partial charge in [0.1, 0.15) is 12.4 Å². The van der Waals surface area contributed by atoms with E-state index in [1.54, 1.807) is 7.11 Å². The molecule has 3 aromatic rings. The van der Waals surface area contributed by atoms with Gasteiger partial charge in [0.25, 0.3) is 0 Å². The Kier molecular flexibility index (Phi) is 9.50. The number of hydrogen-bond donors (Lipinski definition) is 0. The lowest BCUT2D eigenvalue weighted by molar-refractivity contribution is 0.0544. The van der Waals surface area contributed by atoms with Crippen LogP contribution in [0.2, 0.25) is 0 Å². The van der Waals surface area contributed by atoms with Crippen LogP contribution >= 0.6 is 15.9 Å². The van der Waals surface area contributed by atoms with Gasteiger partial charge < -0.3 is 18.8 Å². The molecule has 4 nitrogen and oxygen atoms in total. The van der Waals surface area contributed by atoms with E-state index in [0.717, 1.165) is 16.8 Å². The molecule has 0 amide bonds. The van der Waals surface area contributed by atoms with Crippen LogP contribution in [0.25, 0.3) is 21.8 Å². The lowest BCUT2D eigenvalue weighted by Crippen LogP contribution is -2.10. The molecular formula is C25H34BrNO3. The number of hydrogen-bond acceptors (Lipinski definition) is 3.